The van der Waals surface area contributed by atoms with E-state index in [0.29, 0.717) is 52.2 Å². The molecule has 4 rings (SSSR count). The Labute approximate surface area is 161 Å². The highest BCUT2D eigenvalue weighted by molar-refractivity contribution is 6.01. The molecule has 0 saturated heterocycles. The number of aryl methyl sites for hydroxylation is 1. The Kier molecular flexibility index (Phi) is 4.77. The molecule has 0 bridgehead atoms. The predicted octanol–water partition coefficient (Wildman–Crippen LogP) is 3.63. The number of hydrogen-bond acceptors (Lipinski definition) is 6. The van der Waals surface area contributed by atoms with E-state index in [1.807, 2.05) is 0 Å². The smallest absolute Gasteiger partial charge is 0.195 e. The summed E-state index contributed by atoms with van der Waals surface area (Å²) in [5.41, 5.74) is 1.49. The lowest BCUT2D eigenvalue weighted by Crippen LogP contribution is -2.28. The second-order valence-electron chi connectivity index (χ2n) is 6.73. The molecule has 0 aliphatic carbocycles. The molecule has 2 heterocycles. The van der Waals surface area contributed by atoms with Crippen LogP contribution in [0.15, 0.2) is 51.9 Å². The highest BCUT2D eigenvalue weighted by Crippen LogP contribution is 2.32. The van der Waals surface area contributed by atoms with Crippen molar-refractivity contribution in [3.8, 4) is 17.2 Å². The van der Waals surface area contributed by atoms with Gasteiger partial charge in [0, 0.05) is 17.7 Å². The van der Waals surface area contributed by atoms with Crippen LogP contribution in [0.3, 0.4) is 0 Å². The van der Waals surface area contributed by atoms with E-state index in [2.05, 4.69) is 0 Å². The third kappa shape index (κ3) is 3.22. The molecule has 2 aromatic carbocycles. The van der Waals surface area contributed by atoms with E-state index in [-0.39, 0.29) is 23.7 Å². The second kappa shape index (κ2) is 7.38. The van der Waals surface area contributed by atoms with Gasteiger partial charge in [0.2, 0.25) is 0 Å². The minimum atomic E-state index is -0.299. The first-order valence-electron chi connectivity index (χ1n) is 9.04. The van der Waals surface area contributed by atoms with Crippen LogP contribution >= 0.6 is 0 Å². The number of carbonyl (C=O) groups excluding carboxylic acids is 1. The van der Waals surface area contributed by atoms with Crippen LogP contribution in [0, 0.1) is 5.92 Å². The summed E-state index contributed by atoms with van der Waals surface area (Å²) >= 11 is 0. The fourth-order valence-corrected chi connectivity index (χ4v) is 3.43. The zero-order chi connectivity index (χ0) is 19.7. The van der Waals surface area contributed by atoms with E-state index >= 15 is 0 Å². The molecule has 3 aromatic rings. The number of ether oxygens (including phenoxy) is 3. The van der Waals surface area contributed by atoms with Crippen LogP contribution in [0.5, 0.6) is 17.2 Å². The summed E-state index contributed by atoms with van der Waals surface area (Å²) in [5, 5.41) is 0.502. The van der Waals surface area contributed by atoms with Crippen molar-refractivity contribution in [3.63, 3.8) is 0 Å². The Hall–Kier alpha value is -3.28. The van der Waals surface area contributed by atoms with Gasteiger partial charge in [0.15, 0.2) is 11.2 Å². The van der Waals surface area contributed by atoms with Crippen LogP contribution in [0.2, 0.25) is 0 Å². The van der Waals surface area contributed by atoms with Crippen LogP contribution in [0.1, 0.15) is 22.3 Å². The number of fused-ring (bicyclic) bond motifs is 2. The molecular weight excluding hydrogens is 360 g/mol. The van der Waals surface area contributed by atoms with Crippen molar-refractivity contribution in [1.82, 2.24) is 0 Å². The minimum Gasteiger partial charge on any atom is -0.497 e. The molecule has 144 valence electrons. The molecule has 0 spiro atoms. The first-order chi connectivity index (χ1) is 13.6. The van der Waals surface area contributed by atoms with Gasteiger partial charge in [-0.05, 0) is 37.1 Å². The van der Waals surface area contributed by atoms with Crippen molar-refractivity contribution in [2.24, 2.45) is 5.92 Å². The van der Waals surface area contributed by atoms with E-state index in [9.17, 15) is 9.59 Å². The first-order valence-corrected chi connectivity index (χ1v) is 9.04. The van der Waals surface area contributed by atoms with Gasteiger partial charge in [0.1, 0.15) is 22.8 Å². The lowest BCUT2D eigenvalue weighted by Gasteiger charge is -2.24. The standard InChI is InChI=1S/C22H20O6/c1-25-15-5-7-17-19(9-15)27-11-13(21(17)23)3-4-14-12-28-20-10-16(26-2)6-8-18(20)22(14)24/h5-11,14H,3-4,12H2,1-2H3. The van der Waals surface area contributed by atoms with Gasteiger partial charge in [-0.1, -0.05) is 0 Å². The summed E-state index contributed by atoms with van der Waals surface area (Å²) in [5.74, 6) is 1.55. The third-order valence-corrected chi connectivity index (χ3v) is 5.08. The number of benzene rings is 2. The average Bonchev–Trinajstić information content (AvgIpc) is 2.74. The molecule has 0 saturated carbocycles. The van der Waals surface area contributed by atoms with Gasteiger partial charge in [0.25, 0.3) is 0 Å². The molecule has 6 nitrogen and oxygen atoms in total. The number of hydrogen-bond donors (Lipinski definition) is 0. The zero-order valence-corrected chi connectivity index (χ0v) is 15.7. The van der Waals surface area contributed by atoms with Gasteiger partial charge in [-0.3, -0.25) is 9.59 Å². The second-order valence-corrected chi connectivity index (χ2v) is 6.73. The van der Waals surface area contributed by atoms with Crippen molar-refractivity contribution in [2.45, 2.75) is 12.8 Å². The van der Waals surface area contributed by atoms with Gasteiger partial charge < -0.3 is 18.6 Å². The first kappa shape index (κ1) is 18.1. The number of carbonyl (C=O) groups is 1. The Morgan fingerprint density at radius 3 is 2.57 bits per heavy atom. The van der Waals surface area contributed by atoms with Crippen LogP contribution in [-0.2, 0) is 6.42 Å². The molecule has 1 unspecified atom stereocenters. The number of Topliss-reactive ketones (excluding diaryl/α,β-unsaturated/α-hetero) is 1. The quantitative estimate of drug-likeness (QED) is 0.673. The lowest BCUT2D eigenvalue weighted by atomic mass is 9.90. The maximum atomic E-state index is 12.8. The normalized spacial score (nSPS) is 15.8. The summed E-state index contributed by atoms with van der Waals surface area (Å²) in [6.45, 7) is 0.287. The van der Waals surface area contributed by atoms with Crippen molar-refractivity contribution >= 4 is 16.8 Å². The maximum Gasteiger partial charge on any atom is 0.195 e. The van der Waals surface area contributed by atoms with E-state index in [1.165, 1.54) is 6.26 Å². The summed E-state index contributed by atoms with van der Waals surface area (Å²) in [6, 6.07) is 10.3. The van der Waals surface area contributed by atoms with Gasteiger partial charge in [-0.25, -0.2) is 0 Å². The van der Waals surface area contributed by atoms with Gasteiger partial charge in [-0.15, -0.1) is 0 Å². The Morgan fingerprint density at radius 2 is 1.79 bits per heavy atom. The largest absolute Gasteiger partial charge is 0.497 e. The van der Waals surface area contributed by atoms with Gasteiger partial charge in [0.05, 0.1) is 44.0 Å². The highest BCUT2D eigenvalue weighted by Gasteiger charge is 2.29. The summed E-state index contributed by atoms with van der Waals surface area (Å²) in [6.07, 6.45) is 2.42. The molecule has 0 fully saturated rings. The molecule has 1 atom stereocenters. The molecule has 1 aliphatic rings. The number of rotatable bonds is 5. The molecular formula is C22H20O6. The molecule has 1 aromatic heterocycles. The van der Waals surface area contributed by atoms with Gasteiger partial charge in [-0.2, -0.15) is 0 Å². The third-order valence-electron chi connectivity index (χ3n) is 5.08. The van der Waals surface area contributed by atoms with Crippen LogP contribution in [0.25, 0.3) is 11.0 Å². The van der Waals surface area contributed by atoms with Crippen molar-refractivity contribution < 1.29 is 23.4 Å². The Bertz CT molecular complexity index is 1100. The lowest BCUT2D eigenvalue weighted by molar-refractivity contribution is 0.0820. The van der Waals surface area contributed by atoms with Gasteiger partial charge >= 0.3 is 0 Å². The van der Waals surface area contributed by atoms with Crippen molar-refractivity contribution in [3.05, 3.63) is 64.0 Å². The summed E-state index contributed by atoms with van der Waals surface area (Å²) in [7, 11) is 3.13. The molecule has 6 heteroatoms. The number of ketones is 1. The SMILES string of the molecule is COc1ccc2c(c1)OCC(CCc1coc3cc(OC)ccc3c1=O)C2=O. The molecule has 0 radical (unpaired) electrons. The van der Waals surface area contributed by atoms with Crippen LogP contribution in [-0.4, -0.2) is 26.6 Å². The van der Waals surface area contributed by atoms with Crippen LogP contribution in [0.4, 0.5) is 0 Å². The maximum absolute atomic E-state index is 12.8. The van der Waals surface area contributed by atoms with E-state index in [4.69, 9.17) is 18.6 Å². The van der Waals surface area contributed by atoms with E-state index in [1.54, 1.807) is 50.6 Å². The fraction of sp³-hybridized carbons (Fsp3) is 0.273. The average molecular weight is 380 g/mol. The zero-order valence-electron chi connectivity index (χ0n) is 15.7. The molecule has 0 N–H and O–H groups in total. The van der Waals surface area contributed by atoms with Crippen molar-refractivity contribution in [2.75, 3.05) is 20.8 Å². The minimum absolute atomic E-state index is 0.0267. The molecule has 1 aliphatic heterocycles. The topological polar surface area (TPSA) is 75.0 Å². The van der Waals surface area contributed by atoms with E-state index in [0.717, 1.165) is 0 Å². The summed E-state index contributed by atoms with van der Waals surface area (Å²) < 4.78 is 21.7. The predicted molar refractivity (Wildman–Crippen MR) is 104 cm³/mol. The summed E-state index contributed by atoms with van der Waals surface area (Å²) in [4.78, 5) is 25.5. The monoisotopic (exact) mass is 380 g/mol. The van der Waals surface area contributed by atoms with Crippen LogP contribution < -0.4 is 19.6 Å². The molecule has 0 amide bonds. The fourth-order valence-electron chi connectivity index (χ4n) is 3.43. The van der Waals surface area contributed by atoms with Crippen molar-refractivity contribution in [1.29, 1.82) is 0 Å². The molecule has 28 heavy (non-hydrogen) atoms. The Balaban J connectivity index is 1.52. The Morgan fingerprint density at radius 1 is 1.04 bits per heavy atom. The number of methoxy groups -OCH3 is 2. The highest BCUT2D eigenvalue weighted by atomic mass is 16.5. The van der Waals surface area contributed by atoms with E-state index < -0.39 is 0 Å².